The summed E-state index contributed by atoms with van der Waals surface area (Å²) in [7, 11) is 1.82. The van der Waals surface area contributed by atoms with Crippen LogP contribution in [0.4, 0.5) is 0 Å². The van der Waals surface area contributed by atoms with Crippen LogP contribution in [0.3, 0.4) is 0 Å². The Bertz CT molecular complexity index is 154. The Morgan fingerprint density at radius 1 is 1.33 bits per heavy atom. The van der Waals surface area contributed by atoms with Crippen molar-refractivity contribution in [1.29, 1.82) is 0 Å². The summed E-state index contributed by atoms with van der Waals surface area (Å²) in [4.78, 5) is 0. The van der Waals surface area contributed by atoms with E-state index in [4.69, 9.17) is 9.47 Å². The standard InChI is InChI=1S/C12H25NO2/c1-4-11(14-3)12(13-5-2)10-6-8-15-9-7-10/h10-13H,4-9H2,1-3H3. The highest BCUT2D eigenvalue weighted by molar-refractivity contribution is 4.84. The van der Waals surface area contributed by atoms with Crippen LogP contribution in [0, 0.1) is 5.92 Å². The molecule has 90 valence electrons. The average molecular weight is 215 g/mol. The van der Waals surface area contributed by atoms with Gasteiger partial charge in [0, 0.05) is 26.4 Å². The Morgan fingerprint density at radius 3 is 2.47 bits per heavy atom. The van der Waals surface area contributed by atoms with Crippen LogP contribution < -0.4 is 5.32 Å². The summed E-state index contributed by atoms with van der Waals surface area (Å²) in [5.74, 6) is 0.712. The zero-order valence-electron chi connectivity index (χ0n) is 10.3. The second-order valence-electron chi connectivity index (χ2n) is 4.22. The third-order valence-electron chi connectivity index (χ3n) is 3.32. The lowest BCUT2D eigenvalue weighted by Crippen LogP contribution is -2.47. The van der Waals surface area contributed by atoms with Gasteiger partial charge in [-0.3, -0.25) is 0 Å². The Labute approximate surface area is 93.5 Å². The minimum Gasteiger partial charge on any atom is -0.381 e. The molecule has 2 atom stereocenters. The summed E-state index contributed by atoms with van der Waals surface area (Å²) in [6.45, 7) is 7.19. The van der Waals surface area contributed by atoms with Gasteiger partial charge in [-0.15, -0.1) is 0 Å². The number of methoxy groups -OCH3 is 1. The number of rotatable bonds is 6. The monoisotopic (exact) mass is 215 g/mol. The molecule has 0 aromatic rings. The summed E-state index contributed by atoms with van der Waals surface area (Å²) < 4.78 is 11.0. The SMILES string of the molecule is CCNC(C1CCOCC1)C(CC)OC. The highest BCUT2D eigenvalue weighted by Crippen LogP contribution is 2.23. The summed E-state index contributed by atoms with van der Waals surface area (Å²) in [5, 5.41) is 3.57. The van der Waals surface area contributed by atoms with E-state index in [0.717, 1.165) is 39.0 Å². The van der Waals surface area contributed by atoms with Gasteiger partial charge < -0.3 is 14.8 Å². The first-order valence-corrected chi connectivity index (χ1v) is 6.17. The second kappa shape index (κ2) is 7.20. The fourth-order valence-electron chi connectivity index (χ4n) is 2.48. The molecule has 3 nitrogen and oxygen atoms in total. The van der Waals surface area contributed by atoms with Gasteiger partial charge in [-0.05, 0) is 31.7 Å². The third kappa shape index (κ3) is 3.74. The molecule has 1 saturated heterocycles. The van der Waals surface area contributed by atoms with Gasteiger partial charge in [0.05, 0.1) is 6.10 Å². The van der Waals surface area contributed by atoms with Gasteiger partial charge in [0.15, 0.2) is 0 Å². The number of nitrogens with one attached hydrogen (secondary N) is 1. The first kappa shape index (κ1) is 12.9. The zero-order valence-corrected chi connectivity index (χ0v) is 10.3. The lowest BCUT2D eigenvalue weighted by atomic mass is 9.87. The normalized spacial score (nSPS) is 22.6. The van der Waals surface area contributed by atoms with E-state index in [2.05, 4.69) is 19.2 Å². The fraction of sp³-hybridized carbons (Fsp3) is 1.00. The van der Waals surface area contributed by atoms with E-state index in [9.17, 15) is 0 Å². The van der Waals surface area contributed by atoms with Crippen LogP contribution in [-0.4, -0.2) is 39.0 Å². The molecule has 0 bridgehead atoms. The molecule has 0 saturated carbocycles. The smallest absolute Gasteiger partial charge is 0.0724 e. The number of hydrogen-bond acceptors (Lipinski definition) is 3. The van der Waals surface area contributed by atoms with Crippen molar-refractivity contribution in [3.63, 3.8) is 0 Å². The number of likely N-dealkylation sites (N-methyl/N-ethyl adjacent to an activating group) is 1. The van der Waals surface area contributed by atoms with Crippen LogP contribution in [0.25, 0.3) is 0 Å². The zero-order chi connectivity index (χ0) is 11.1. The molecule has 1 fully saturated rings. The minimum atomic E-state index is 0.341. The molecule has 3 heteroatoms. The van der Waals surface area contributed by atoms with E-state index in [1.54, 1.807) is 0 Å². The predicted molar refractivity (Wildman–Crippen MR) is 62.1 cm³/mol. The Balaban J connectivity index is 2.53. The Kier molecular flexibility index (Phi) is 6.22. The van der Waals surface area contributed by atoms with Gasteiger partial charge in [-0.2, -0.15) is 0 Å². The van der Waals surface area contributed by atoms with Gasteiger partial charge in [0.25, 0.3) is 0 Å². The van der Waals surface area contributed by atoms with Crippen molar-refractivity contribution in [3.05, 3.63) is 0 Å². The molecule has 15 heavy (non-hydrogen) atoms. The predicted octanol–water partition coefficient (Wildman–Crippen LogP) is 1.82. The molecule has 0 aromatic heterocycles. The molecule has 2 unspecified atom stereocenters. The van der Waals surface area contributed by atoms with Gasteiger partial charge in [-0.1, -0.05) is 13.8 Å². The quantitative estimate of drug-likeness (QED) is 0.733. The Hall–Kier alpha value is -0.120. The summed E-state index contributed by atoms with van der Waals surface area (Å²) >= 11 is 0. The van der Waals surface area contributed by atoms with Crippen LogP contribution in [0.1, 0.15) is 33.1 Å². The molecule has 0 radical (unpaired) electrons. The van der Waals surface area contributed by atoms with Crippen LogP contribution >= 0.6 is 0 Å². The molecule has 1 aliphatic heterocycles. The molecule has 0 aliphatic carbocycles. The van der Waals surface area contributed by atoms with E-state index in [0.29, 0.717) is 18.1 Å². The molecule has 0 spiro atoms. The minimum absolute atomic E-state index is 0.341. The molecule has 1 aliphatic rings. The maximum atomic E-state index is 5.56. The first-order valence-electron chi connectivity index (χ1n) is 6.17. The van der Waals surface area contributed by atoms with Gasteiger partial charge >= 0.3 is 0 Å². The van der Waals surface area contributed by atoms with Crippen LogP contribution in [0.15, 0.2) is 0 Å². The van der Waals surface area contributed by atoms with Crippen molar-refractivity contribution in [2.75, 3.05) is 26.9 Å². The Morgan fingerprint density at radius 2 is 2.00 bits per heavy atom. The lowest BCUT2D eigenvalue weighted by Gasteiger charge is -2.35. The summed E-state index contributed by atoms with van der Waals surface area (Å²) in [5.41, 5.74) is 0. The highest BCUT2D eigenvalue weighted by Gasteiger charge is 2.29. The average Bonchev–Trinajstić information content (AvgIpc) is 2.30. The maximum Gasteiger partial charge on any atom is 0.0724 e. The highest BCUT2D eigenvalue weighted by atomic mass is 16.5. The van der Waals surface area contributed by atoms with Crippen LogP contribution in [0.2, 0.25) is 0 Å². The largest absolute Gasteiger partial charge is 0.381 e. The second-order valence-corrected chi connectivity index (χ2v) is 4.22. The molecular weight excluding hydrogens is 190 g/mol. The van der Waals surface area contributed by atoms with Crippen molar-refractivity contribution in [2.45, 2.75) is 45.3 Å². The van der Waals surface area contributed by atoms with Crippen molar-refractivity contribution in [2.24, 2.45) is 5.92 Å². The van der Waals surface area contributed by atoms with Gasteiger partial charge in [0.2, 0.25) is 0 Å². The number of ether oxygens (including phenoxy) is 2. The maximum absolute atomic E-state index is 5.56. The van der Waals surface area contributed by atoms with Gasteiger partial charge in [-0.25, -0.2) is 0 Å². The van der Waals surface area contributed by atoms with E-state index in [-0.39, 0.29) is 0 Å². The van der Waals surface area contributed by atoms with Crippen molar-refractivity contribution < 1.29 is 9.47 Å². The first-order chi connectivity index (χ1) is 7.33. The number of hydrogen-bond donors (Lipinski definition) is 1. The van der Waals surface area contributed by atoms with E-state index in [1.165, 1.54) is 0 Å². The van der Waals surface area contributed by atoms with Crippen LogP contribution in [0.5, 0.6) is 0 Å². The molecule has 1 heterocycles. The molecule has 1 rings (SSSR count). The van der Waals surface area contributed by atoms with Crippen molar-refractivity contribution in [3.8, 4) is 0 Å². The van der Waals surface area contributed by atoms with E-state index in [1.807, 2.05) is 7.11 Å². The fourth-order valence-corrected chi connectivity index (χ4v) is 2.48. The molecule has 1 N–H and O–H groups in total. The summed E-state index contributed by atoms with van der Waals surface area (Å²) in [6, 6.07) is 0.494. The van der Waals surface area contributed by atoms with E-state index >= 15 is 0 Å². The summed E-state index contributed by atoms with van der Waals surface area (Å²) in [6.07, 6.45) is 3.74. The molecule has 0 aromatic carbocycles. The van der Waals surface area contributed by atoms with Crippen molar-refractivity contribution >= 4 is 0 Å². The van der Waals surface area contributed by atoms with Gasteiger partial charge in [0.1, 0.15) is 0 Å². The van der Waals surface area contributed by atoms with E-state index < -0.39 is 0 Å². The topological polar surface area (TPSA) is 30.5 Å². The lowest BCUT2D eigenvalue weighted by molar-refractivity contribution is 0.00266. The molecular formula is C12H25NO2. The van der Waals surface area contributed by atoms with Crippen LogP contribution in [-0.2, 0) is 9.47 Å². The van der Waals surface area contributed by atoms with Crippen molar-refractivity contribution in [1.82, 2.24) is 5.32 Å². The third-order valence-corrected chi connectivity index (χ3v) is 3.32. The molecule has 0 amide bonds.